The fourth-order valence-electron chi connectivity index (χ4n) is 3.50. The molecule has 1 aromatic carbocycles. The number of thiazole rings is 1. The number of rotatable bonds is 6. The van der Waals surface area contributed by atoms with Crippen LogP contribution in [0.1, 0.15) is 40.2 Å². The van der Waals surface area contributed by atoms with Crippen molar-refractivity contribution < 1.29 is 19.0 Å². The van der Waals surface area contributed by atoms with Crippen LogP contribution in [-0.2, 0) is 16.1 Å². The minimum absolute atomic E-state index is 0.201. The Bertz CT molecular complexity index is 997. The SMILES string of the molecule is COCc1ccc(C(=O)Nc2nc3c(OC)ncc(C4CCOCC4)c3s2)cc1. The number of pyridine rings is 1. The van der Waals surface area contributed by atoms with Crippen molar-refractivity contribution in [2.45, 2.75) is 25.4 Å². The van der Waals surface area contributed by atoms with Gasteiger partial charge in [0.2, 0.25) is 5.88 Å². The van der Waals surface area contributed by atoms with Crippen molar-refractivity contribution in [1.29, 1.82) is 0 Å². The van der Waals surface area contributed by atoms with E-state index in [-0.39, 0.29) is 5.91 Å². The summed E-state index contributed by atoms with van der Waals surface area (Å²) >= 11 is 1.46. The number of nitrogens with one attached hydrogen (secondary N) is 1. The first-order chi connectivity index (χ1) is 14.2. The topological polar surface area (TPSA) is 82.6 Å². The maximum atomic E-state index is 12.7. The highest BCUT2D eigenvalue weighted by atomic mass is 32.1. The Kier molecular flexibility index (Phi) is 6.03. The summed E-state index contributed by atoms with van der Waals surface area (Å²) in [4.78, 5) is 21.7. The Morgan fingerprint density at radius 2 is 2.00 bits per heavy atom. The van der Waals surface area contributed by atoms with Crippen molar-refractivity contribution in [1.82, 2.24) is 9.97 Å². The van der Waals surface area contributed by atoms with Gasteiger partial charge in [-0.25, -0.2) is 9.97 Å². The summed E-state index contributed by atoms with van der Waals surface area (Å²) in [6, 6.07) is 7.33. The molecule has 0 unspecified atom stereocenters. The number of benzene rings is 1. The normalized spacial score (nSPS) is 14.8. The average molecular weight is 413 g/mol. The molecule has 1 fully saturated rings. The minimum Gasteiger partial charge on any atom is -0.479 e. The van der Waals surface area contributed by atoms with Gasteiger partial charge in [-0.2, -0.15) is 0 Å². The Morgan fingerprint density at radius 3 is 2.69 bits per heavy atom. The molecule has 2 aromatic heterocycles. The molecule has 152 valence electrons. The number of ether oxygens (including phenoxy) is 3. The lowest BCUT2D eigenvalue weighted by molar-refractivity contribution is 0.0855. The van der Waals surface area contributed by atoms with Crippen LogP contribution in [0.3, 0.4) is 0 Å². The molecule has 0 atom stereocenters. The third-order valence-corrected chi connectivity index (χ3v) is 6.03. The van der Waals surface area contributed by atoms with E-state index in [1.807, 2.05) is 18.3 Å². The second-order valence-corrected chi connectivity index (χ2v) is 7.89. The lowest BCUT2D eigenvalue weighted by atomic mass is 9.93. The average Bonchev–Trinajstić information content (AvgIpc) is 3.18. The van der Waals surface area contributed by atoms with Gasteiger partial charge in [-0.3, -0.25) is 10.1 Å². The van der Waals surface area contributed by atoms with E-state index in [0.29, 0.717) is 34.6 Å². The first-order valence-corrected chi connectivity index (χ1v) is 10.3. The number of hydrogen-bond acceptors (Lipinski definition) is 7. The number of nitrogens with zero attached hydrogens (tertiary/aromatic N) is 2. The quantitative estimate of drug-likeness (QED) is 0.658. The van der Waals surface area contributed by atoms with Crippen molar-refractivity contribution in [2.24, 2.45) is 0 Å². The first kappa shape index (κ1) is 19.8. The van der Waals surface area contributed by atoms with E-state index >= 15 is 0 Å². The van der Waals surface area contributed by atoms with E-state index in [0.717, 1.165) is 41.9 Å². The van der Waals surface area contributed by atoms with E-state index in [4.69, 9.17) is 14.2 Å². The van der Waals surface area contributed by atoms with Crippen LogP contribution in [0.25, 0.3) is 10.2 Å². The van der Waals surface area contributed by atoms with Crippen LogP contribution in [0.5, 0.6) is 5.88 Å². The number of methoxy groups -OCH3 is 2. The molecule has 1 N–H and O–H groups in total. The number of amides is 1. The molecule has 29 heavy (non-hydrogen) atoms. The first-order valence-electron chi connectivity index (χ1n) is 9.50. The van der Waals surface area contributed by atoms with Gasteiger partial charge in [0.25, 0.3) is 5.91 Å². The maximum Gasteiger partial charge on any atom is 0.257 e. The van der Waals surface area contributed by atoms with Crippen LogP contribution in [-0.4, -0.2) is 43.3 Å². The number of hydrogen-bond donors (Lipinski definition) is 1. The van der Waals surface area contributed by atoms with Crippen LogP contribution in [0.2, 0.25) is 0 Å². The van der Waals surface area contributed by atoms with Gasteiger partial charge >= 0.3 is 0 Å². The molecular formula is C21H23N3O4S. The molecular weight excluding hydrogens is 390 g/mol. The van der Waals surface area contributed by atoms with E-state index in [2.05, 4.69) is 15.3 Å². The second-order valence-electron chi connectivity index (χ2n) is 6.89. The Balaban J connectivity index is 1.61. The molecule has 8 heteroatoms. The molecule has 1 aliphatic rings. The summed E-state index contributed by atoms with van der Waals surface area (Å²) in [5.74, 6) is 0.644. The van der Waals surface area contributed by atoms with Crippen molar-refractivity contribution in [3.63, 3.8) is 0 Å². The number of anilines is 1. The molecule has 3 heterocycles. The van der Waals surface area contributed by atoms with Crippen molar-refractivity contribution in [3.8, 4) is 5.88 Å². The highest BCUT2D eigenvalue weighted by molar-refractivity contribution is 7.22. The Labute approximate surface area is 173 Å². The summed E-state index contributed by atoms with van der Waals surface area (Å²) in [7, 11) is 3.22. The number of carbonyl (C=O) groups excluding carboxylic acids is 1. The van der Waals surface area contributed by atoms with E-state index in [9.17, 15) is 4.79 Å². The van der Waals surface area contributed by atoms with Crippen molar-refractivity contribution >= 4 is 32.6 Å². The summed E-state index contributed by atoms with van der Waals surface area (Å²) in [5, 5.41) is 3.44. The van der Waals surface area contributed by atoms with Gasteiger partial charge in [-0.05, 0) is 42.0 Å². The molecule has 7 nitrogen and oxygen atoms in total. The minimum atomic E-state index is -0.201. The summed E-state index contributed by atoms with van der Waals surface area (Å²) in [6.07, 6.45) is 3.78. The number of fused-ring (bicyclic) bond motifs is 1. The molecule has 4 rings (SSSR count). The summed E-state index contributed by atoms with van der Waals surface area (Å²) in [6.45, 7) is 2.01. The van der Waals surface area contributed by atoms with Gasteiger partial charge < -0.3 is 14.2 Å². The van der Waals surface area contributed by atoms with Gasteiger partial charge in [0.05, 0.1) is 18.4 Å². The van der Waals surface area contributed by atoms with E-state index < -0.39 is 0 Å². The van der Waals surface area contributed by atoms with Crippen LogP contribution in [0, 0.1) is 0 Å². The van der Waals surface area contributed by atoms with Crippen LogP contribution >= 0.6 is 11.3 Å². The third-order valence-electron chi connectivity index (χ3n) is 5.01. The summed E-state index contributed by atoms with van der Waals surface area (Å²) in [5.41, 5.74) is 3.41. The zero-order valence-corrected chi connectivity index (χ0v) is 17.3. The van der Waals surface area contributed by atoms with Crippen LogP contribution in [0.15, 0.2) is 30.5 Å². The fourth-order valence-corrected chi connectivity index (χ4v) is 4.54. The van der Waals surface area contributed by atoms with Crippen LogP contribution in [0.4, 0.5) is 5.13 Å². The van der Waals surface area contributed by atoms with Gasteiger partial charge in [0, 0.05) is 32.1 Å². The molecule has 0 saturated carbocycles. The third kappa shape index (κ3) is 4.24. The molecule has 1 amide bonds. The maximum absolute atomic E-state index is 12.7. The van der Waals surface area contributed by atoms with Gasteiger partial charge in [-0.15, -0.1) is 0 Å². The molecule has 1 saturated heterocycles. The standard InChI is InChI=1S/C21H23N3O4S/c1-26-12-13-3-5-15(6-4-13)19(25)24-21-23-17-18(29-21)16(11-22-20(17)27-2)14-7-9-28-10-8-14/h3-6,11,14H,7-10,12H2,1-2H3,(H,23,24,25). The summed E-state index contributed by atoms with van der Waals surface area (Å²) < 4.78 is 17.0. The highest BCUT2D eigenvalue weighted by Crippen LogP contribution is 2.39. The highest BCUT2D eigenvalue weighted by Gasteiger charge is 2.23. The van der Waals surface area contributed by atoms with Crippen molar-refractivity contribution in [2.75, 3.05) is 32.8 Å². The lowest BCUT2D eigenvalue weighted by Gasteiger charge is -2.22. The molecule has 0 radical (unpaired) electrons. The van der Waals surface area contributed by atoms with Gasteiger partial charge in [-0.1, -0.05) is 23.5 Å². The van der Waals surface area contributed by atoms with Gasteiger partial charge in [0.15, 0.2) is 5.13 Å². The second kappa shape index (κ2) is 8.86. The molecule has 3 aromatic rings. The van der Waals surface area contributed by atoms with Gasteiger partial charge in [0.1, 0.15) is 5.52 Å². The van der Waals surface area contributed by atoms with Crippen LogP contribution < -0.4 is 10.1 Å². The Morgan fingerprint density at radius 1 is 1.24 bits per heavy atom. The molecule has 0 spiro atoms. The molecule has 1 aliphatic heterocycles. The molecule has 0 aliphatic carbocycles. The monoisotopic (exact) mass is 413 g/mol. The molecule has 0 bridgehead atoms. The Hall–Kier alpha value is -2.55. The largest absolute Gasteiger partial charge is 0.479 e. The van der Waals surface area contributed by atoms with E-state index in [1.165, 1.54) is 11.3 Å². The fraction of sp³-hybridized carbons (Fsp3) is 0.381. The predicted octanol–water partition coefficient (Wildman–Crippen LogP) is 3.99. The van der Waals surface area contributed by atoms with E-state index in [1.54, 1.807) is 26.4 Å². The zero-order chi connectivity index (χ0) is 20.2. The zero-order valence-electron chi connectivity index (χ0n) is 16.4. The smallest absolute Gasteiger partial charge is 0.257 e. The lowest BCUT2D eigenvalue weighted by Crippen LogP contribution is -2.14. The predicted molar refractivity (Wildman–Crippen MR) is 112 cm³/mol. The number of aromatic nitrogens is 2. The van der Waals surface area contributed by atoms with Crippen molar-refractivity contribution in [3.05, 3.63) is 47.2 Å². The number of carbonyl (C=O) groups is 1.